The number of rotatable bonds is 6. The number of nitrogens with one attached hydrogen (secondary N) is 1. The average Bonchev–Trinajstić information content (AvgIpc) is 2.37. The smallest absolute Gasteiger partial charge is 0.315 e. The van der Waals surface area contributed by atoms with Crippen molar-refractivity contribution in [3.8, 4) is 0 Å². The second-order valence-electron chi connectivity index (χ2n) is 3.32. The number of nitrogen functional groups attached to an aromatic ring is 1. The lowest BCUT2D eigenvalue weighted by atomic mass is 10.2. The molecule has 1 aromatic carbocycles. The van der Waals surface area contributed by atoms with Crippen LogP contribution >= 0.6 is 11.8 Å². The van der Waals surface area contributed by atoms with Gasteiger partial charge in [-0.2, -0.15) is 0 Å². The molecular formula is C10H13N3O4S. The molecule has 0 spiro atoms. The lowest BCUT2D eigenvalue weighted by Gasteiger charge is -2.05. The highest BCUT2D eigenvalue weighted by atomic mass is 32.2. The van der Waals surface area contributed by atoms with Crippen LogP contribution in [0.4, 0.5) is 11.4 Å². The zero-order valence-electron chi connectivity index (χ0n) is 9.71. The molecule has 0 fully saturated rings. The molecule has 0 aliphatic heterocycles. The van der Waals surface area contributed by atoms with Crippen LogP contribution in [0.15, 0.2) is 18.2 Å². The molecule has 0 saturated carbocycles. The van der Waals surface area contributed by atoms with E-state index in [1.54, 1.807) is 12.1 Å². The normalized spacial score (nSPS) is 9.89. The number of nitrogens with two attached hydrogens (primary N) is 1. The van der Waals surface area contributed by atoms with Gasteiger partial charge in [0.2, 0.25) is 0 Å². The summed E-state index contributed by atoms with van der Waals surface area (Å²) < 4.78 is 4.50. The highest BCUT2D eigenvalue weighted by molar-refractivity contribution is 7.99. The maximum Gasteiger partial charge on any atom is 0.315 e. The van der Waals surface area contributed by atoms with E-state index in [0.717, 1.165) is 5.56 Å². The second kappa shape index (κ2) is 6.82. The molecule has 0 heterocycles. The summed E-state index contributed by atoms with van der Waals surface area (Å²) in [5, 5.41) is 10.7. The molecule has 0 aromatic heterocycles. The number of nitro benzene ring substituents is 1. The molecule has 0 radical (unpaired) electrons. The van der Waals surface area contributed by atoms with Crippen LogP contribution in [0.1, 0.15) is 5.56 Å². The van der Waals surface area contributed by atoms with E-state index in [-0.39, 0.29) is 23.1 Å². The maximum absolute atomic E-state index is 10.9. The highest BCUT2D eigenvalue weighted by Crippen LogP contribution is 2.26. The van der Waals surface area contributed by atoms with E-state index in [9.17, 15) is 14.9 Å². The Morgan fingerprint density at radius 1 is 1.61 bits per heavy atom. The number of methoxy groups -OCH3 is 1. The van der Waals surface area contributed by atoms with Gasteiger partial charge in [0, 0.05) is 11.8 Å². The Hall–Kier alpha value is -1.80. The van der Waals surface area contributed by atoms with Gasteiger partial charge in [-0.25, -0.2) is 0 Å². The van der Waals surface area contributed by atoms with Crippen LogP contribution in [0.5, 0.6) is 0 Å². The third-order valence-electron chi connectivity index (χ3n) is 2.13. The van der Waals surface area contributed by atoms with Gasteiger partial charge in [0.1, 0.15) is 5.69 Å². The summed E-state index contributed by atoms with van der Waals surface area (Å²) in [4.78, 5) is 21.1. The van der Waals surface area contributed by atoms with E-state index in [4.69, 9.17) is 5.84 Å². The van der Waals surface area contributed by atoms with Crippen molar-refractivity contribution in [2.24, 2.45) is 5.84 Å². The largest absolute Gasteiger partial charge is 0.468 e. The molecule has 8 heteroatoms. The number of carbonyl (C=O) groups is 1. The van der Waals surface area contributed by atoms with Gasteiger partial charge in [0.25, 0.3) is 5.69 Å². The molecule has 0 aliphatic rings. The van der Waals surface area contributed by atoms with Crippen molar-refractivity contribution in [1.29, 1.82) is 0 Å². The molecule has 1 aromatic rings. The summed E-state index contributed by atoms with van der Waals surface area (Å²) in [6.45, 7) is 0. The van der Waals surface area contributed by atoms with E-state index in [1.807, 2.05) is 0 Å². The average molecular weight is 271 g/mol. The number of hydrogen-bond acceptors (Lipinski definition) is 7. The topological polar surface area (TPSA) is 107 Å². The summed E-state index contributed by atoms with van der Waals surface area (Å²) in [6.07, 6.45) is 0. The number of nitrogens with zero attached hydrogens (tertiary/aromatic N) is 1. The molecule has 0 bridgehead atoms. The lowest BCUT2D eigenvalue weighted by molar-refractivity contribution is -0.384. The molecule has 1 rings (SSSR count). The Labute approximate surface area is 108 Å². The number of esters is 1. The fourth-order valence-electron chi connectivity index (χ4n) is 1.26. The minimum absolute atomic E-state index is 0.0841. The van der Waals surface area contributed by atoms with Crippen molar-refractivity contribution < 1.29 is 14.5 Å². The van der Waals surface area contributed by atoms with Gasteiger partial charge in [-0.3, -0.25) is 20.8 Å². The first-order valence-corrected chi connectivity index (χ1v) is 6.12. The SMILES string of the molecule is COC(=O)CSCc1ccc([N+](=O)[O-])c(NN)c1. The first-order valence-electron chi connectivity index (χ1n) is 4.97. The van der Waals surface area contributed by atoms with Crippen molar-refractivity contribution in [1.82, 2.24) is 0 Å². The molecule has 18 heavy (non-hydrogen) atoms. The standard InChI is InChI=1S/C10H13N3O4S/c1-17-10(14)6-18-5-7-2-3-9(13(15)16)8(4-7)12-11/h2-4,12H,5-6,11H2,1H3. The van der Waals surface area contributed by atoms with Crippen LogP contribution in [-0.4, -0.2) is 23.8 Å². The second-order valence-corrected chi connectivity index (χ2v) is 4.31. The number of anilines is 1. The van der Waals surface area contributed by atoms with Gasteiger partial charge in [-0.15, -0.1) is 11.8 Å². The minimum atomic E-state index is -0.513. The predicted octanol–water partition coefficient (Wildman–Crippen LogP) is 1.29. The molecule has 0 amide bonds. The fourth-order valence-corrected chi connectivity index (χ4v) is 2.06. The molecule has 98 valence electrons. The molecule has 3 N–H and O–H groups in total. The molecule has 0 unspecified atom stereocenters. The van der Waals surface area contributed by atoms with Gasteiger partial charge in [-0.1, -0.05) is 6.07 Å². The van der Waals surface area contributed by atoms with Crippen molar-refractivity contribution >= 4 is 29.1 Å². The molecule has 0 atom stereocenters. The fraction of sp³-hybridized carbons (Fsp3) is 0.300. The van der Waals surface area contributed by atoms with Crippen LogP contribution in [0.2, 0.25) is 0 Å². The lowest BCUT2D eigenvalue weighted by Crippen LogP contribution is -2.09. The van der Waals surface area contributed by atoms with Crippen molar-refractivity contribution in [2.75, 3.05) is 18.3 Å². The van der Waals surface area contributed by atoms with Crippen LogP contribution in [0.3, 0.4) is 0 Å². The first kappa shape index (κ1) is 14.3. The van der Waals surface area contributed by atoms with Crippen LogP contribution in [0.25, 0.3) is 0 Å². The summed E-state index contributed by atoms with van der Waals surface area (Å²) in [6, 6.07) is 4.59. The number of hydrogen-bond donors (Lipinski definition) is 2. The zero-order chi connectivity index (χ0) is 13.5. The Morgan fingerprint density at radius 2 is 2.33 bits per heavy atom. The van der Waals surface area contributed by atoms with Crippen LogP contribution in [0, 0.1) is 10.1 Å². The third-order valence-corrected chi connectivity index (χ3v) is 3.11. The zero-order valence-corrected chi connectivity index (χ0v) is 10.5. The monoisotopic (exact) mass is 271 g/mol. The molecule has 0 aliphatic carbocycles. The number of thioether (sulfide) groups is 1. The van der Waals surface area contributed by atoms with Crippen LogP contribution < -0.4 is 11.3 Å². The Morgan fingerprint density at radius 3 is 2.89 bits per heavy atom. The van der Waals surface area contributed by atoms with Crippen molar-refractivity contribution in [2.45, 2.75) is 5.75 Å². The van der Waals surface area contributed by atoms with Gasteiger partial charge >= 0.3 is 5.97 Å². The van der Waals surface area contributed by atoms with Crippen molar-refractivity contribution in [3.05, 3.63) is 33.9 Å². The number of hydrazine groups is 1. The van der Waals surface area contributed by atoms with Gasteiger partial charge in [0.05, 0.1) is 17.8 Å². The minimum Gasteiger partial charge on any atom is -0.468 e. The number of benzene rings is 1. The van der Waals surface area contributed by atoms with E-state index in [0.29, 0.717) is 5.75 Å². The summed E-state index contributed by atoms with van der Waals surface area (Å²) in [5.74, 6) is 5.69. The Bertz CT molecular complexity index is 453. The van der Waals surface area contributed by atoms with Gasteiger partial charge in [0.15, 0.2) is 0 Å². The van der Waals surface area contributed by atoms with Crippen molar-refractivity contribution in [3.63, 3.8) is 0 Å². The molecular weight excluding hydrogens is 258 g/mol. The van der Waals surface area contributed by atoms with Crippen LogP contribution in [-0.2, 0) is 15.3 Å². The van der Waals surface area contributed by atoms with E-state index in [1.165, 1.54) is 24.9 Å². The summed E-state index contributed by atoms with van der Waals surface area (Å²) in [7, 11) is 1.32. The number of nitro groups is 1. The molecule has 7 nitrogen and oxygen atoms in total. The first-order chi connectivity index (χ1) is 8.58. The Kier molecular flexibility index (Phi) is 5.40. The van der Waals surface area contributed by atoms with E-state index in [2.05, 4.69) is 10.2 Å². The number of carbonyl (C=O) groups excluding carboxylic acids is 1. The number of ether oxygens (including phenoxy) is 1. The Balaban J connectivity index is 2.68. The van der Waals surface area contributed by atoms with E-state index >= 15 is 0 Å². The summed E-state index contributed by atoms with van der Waals surface area (Å²) >= 11 is 1.36. The van der Waals surface area contributed by atoms with E-state index < -0.39 is 4.92 Å². The summed E-state index contributed by atoms with van der Waals surface area (Å²) in [5.41, 5.74) is 3.28. The predicted molar refractivity (Wildman–Crippen MR) is 69.1 cm³/mol. The highest BCUT2D eigenvalue weighted by Gasteiger charge is 2.13. The maximum atomic E-state index is 10.9. The van der Waals surface area contributed by atoms with Gasteiger partial charge in [-0.05, 0) is 11.6 Å². The third kappa shape index (κ3) is 3.90. The van der Waals surface area contributed by atoms with Gasteiger partial charge < -0.3 is 10.2 Å². The molecule has 0 saturated heterocycles. The quantitative estimate of drug-likeness (QED) is 0.347.